The van der Waals surface area contributed by atoms with Gasteiger partial charge in [-0.05, 0) is 235 Å². The fourth-order valence-electron chi connectivity index (χ4n) is 12.2. The van der Waals surface area contributed by atoms with Crippen LogP contribution in [0.25, 0.3) is 20.4 Å². The Hall–Kier alpha value is -11.2. The molecule has 0 radical (unpaired) electrons. The van der Waals surface area contributed by atoms with E-state index in [1.807, 2.05) is 127 Å². The summed E-state index contributed by atoms with van der Waals surface area (Å²) in [5.41, 5.74) is 19.6. The number of anilines is 9. The van der Waals surface area contributed by atoms with Gasteiger partial charge >= 0.3 is 12.2 Å². The molecule has 11 aromatic rings. The van der Waals surface area contributed by atoms with E-state index in [9.17, 15) is 24.0 Å². The van der Waals surface area contributed by atoms with Crippen molar-refractivity contribution in [3.8, 4) is 0 Å². The third-order valence-corrected chi connectivity index (χ3v) is 19.0. The van der Waals surface area contributed by atoms with Crippen molar-refractivity contribution < 1.29 is 33.4 Å². The van der Waals surface area contributed by atoms with Crippen LogP contribution in [0.1, 0.15) is 143 Å². The van der Waals surface area contributed by atoms with E-state index in [0.717, 1.165) is 86.9 Å². The molecule has 22 heteroatoms. The van der Waals surface area contributed by atoms with E-state index in [1.165, 1.54) is 21.4 Å². The molecule has 0 fully saturated rings. The topological polar surface area (TPSA) is 264 Å². The number of thiazole rings is 2. The first kappa shape index (κ1) is 69.7. The predicted octanol–water partition coefficient (Wildman–Crippen LogP) is 18.5. The molecule has 14 rings (SSSR count). The van der Waals surface area contributed by atoms with Crippen molar-refractivity contribution in [2.24, 2.45) is 0 Å². The van der Waals surface area contributed by atoms with Crippen LogP contribution in [-0.2, 0) is 28.7 Å². The van der Waals surface area contributed by atoms with Gasteiger partial charge in [-0.3, -0.25) is 25.0 Å². The van der Waals surface area contributed by atoms with Crippen molar-refractivity contribution in [3.05, 3.63) is 256 Å². The van der Waals surface area contributed by atoms with E-state index in [4.69, 9.17) is 32.4 Å². The lowest BCUT2D eigenvalue weighted by molar-refractivity contribution is 0.0624. The number of fused-ring (bicyclic) bond motifs is 5. The standard InChI is InChI=1S/C28H28N4O3S.C28H30N4O3S.C23H20N4OS/c1-28(2,3)35-27(34)32-22-9-5-4-8-21(22)29-25(33)18-12-14-19-17(16-18)13-15-20(19)30-26-31-23-10-6-7-11-24(23)36-26;1-28(2,3)35-27(34)32-24-12-8-7-11-23(24)30-25(33)19-13-15-21-18(17-19)14-16-22(21)31-26(36)29-20-9-5-4-6-10-20;24-17-5-1-2-6-19(17)25-22(28)15-9-11-16-14(13-15)10-12-18(16)26-23-27-20-7-3-4-8-21(20)29-23/h4-12,14,16,20H,13,15H2,1-3H3,(H,29,33)(H,30,31)(H,32,34);4-13,15,17,22H,14,16H2,1-3H3,(H,30,33)(H,32,34)(H2,29,31,36);1-9,11,13,18H,10,12,24H2,(H,25,28)(H,26,27). The Kier molecular flexibility index (Phi) is 21.3. The van der Waals surface area contributed by atoms with Crippen molar-refractivity contribution in [1.82, 2.24) is 15.3 Å². The van der Waals surface area contributed by atoms with Gasteiger partial charge in [-0.2, -0.15) is 0 Å². The molecule has 0 spiro atoms. The SMILES string of the molecule is CC(C)(C)OC(=O)Nc1ccccc1NC(=O)c1ccc2c(c1)CCC2NC(=S)Nc1ccccc1.CC(C)(C)OC(=O)Nc1ccccc1NC(=O)c1ccc2c(c1)CCC2Nc1nc2ccccc2s1.Nc1ccccc1NC(=O)c1ccc2c(c1)CCC2Nc1nc2ccccc2s1. The summed E-state index contributed by atoms with van der Waals surface area (Å²) in [6.07, 6.45) is 4.33. The summed E-state index contributed by atoms with van der Waals surface area (Å²) >= 11 is 8.81. The molecule has 0 aliphatic heterocycles. The minimum absolute atomic E-state index is 0.0829. The Morgan fingerprint density at radius 2 is 0.782 bits per heavy atom. The molecular weight excluding hydrogens is 1330 g/mol. The molecule has 0 saturated heterocycles. The lowest BCUT2D eigenvalue weighted by atomic mass is 10.0. The molecule has 5 amide bonds. The first-order valence-electron chi connectivity index (χ1n) is 33.3. The summed E-state index contributed by atoms with van der Waals surface area (Å²) in [6, 6.07) is 65.3. The van der Waals surface area contributed by atoms with Gasteiger partial charge in [-0.15, -0.1) is 0 Å². The first-order chi connectivity index (χ1) is 48.6. The van der Waals surface area contributed by atoms with Crippen molar-refractivity contribution in [3.63, 3.8) is 0 Å². The lowest BCUT2D eigenvalue weighted by Gasteiger charge is -2.20. The zero-order chi connectivity index (χ0) is 70.8. The second kappa shape index (κ2) is 30.9. The van der Waals surface area contributed by atoms with E-state index in [-0.39, 0.29) is 35.8 Å². The number of para-hydroxylation sites is 9. The number of rotatable bonds is 14. The highest BCUT2D eigenvalue weighted by Crippen LogP contribution is 2.40. The Morgan fingerprint density at radius 1 is 0.426 bits per heavy atom. The van der Waals surface area contributed by atoms with Gasteiger partial charge < -0.3 is 52.4 Å². The van der Waals surface area contributed by atoms with Crippen LogP contribution < -0.4 is 53.6 Å². The number of hydrogen-bond donors (Lipinski definition) is 10. The van der Waals surface area contributed by atoms with E-state index < -0.39 is 23.4 Å². The quantitative estimate of drug-likeness (QED) is 0.0358. The van der Waals surface area contributed by atoms with Crippen molar-refractivity contribution in [1.29, 1.82) is 0 Å². The molecule has 3 aliphatic rings. The Bertz CT molecular complexity index is 4830. The van der Waals surface area contributed by atoms with Gasteiger partial charge in [-0.1, -0.05) is 120 Å². The molecule has 3 atom stereocenters. The van der Waals surface area contributed by atoms with Crippen molar-refractivity contribution >= 4 is 140 Å². The fraction of sp³-hybridized carbons (Fsp3) is 0.215. The van der Waals surface area contributed by atoms with E-state index in [0.29, 0.717) is 55.9 Å². The van der Waals surface area contributed by atoms with Crippen LogP contribution in [0, 0.1) is 0 Å². The lowest BCUT2D eigenvalue weighted by Crippen LogP contribution is -2.31. The zero-order valence-corrected chi connectivity index (χ0v) is 59.1. The molecule has 0 bridgehead atoms. The van der Waals surface area contributed by atoms with Crippen molar-refractivity contribution in [2.75, 3.05) is 48.3 Å². The number of ether oxygens (including phenoxy) is 2. The third-order valence-electron chi connectivity index (χ3n) is 16.8. The van der Waals surface area contributed by atoms with Gasteiger partial charge in [0.25, 0.3) is 17.7 Å². The second-order valence-corrected chi connectivity index (χ2v) is 29.0. The molecule has 3 aliphatic carbocycles. The third kappa shape index (κ3) is 18.2. The first-order valence-corrected chi connectivity index (χ1v) is 35.4. The van der Waals surface area contributed by atoms with Crippen LogP contribution in [0.3, 0.4) is 0 Å². The summed E-state index contributed by atoms with van der Waals surface area (Å²) in [5, 5.41) is 30.3. The minimum atomic E-state index is -0.624. The maximum atomic E-state index is 13.1. The van der Waals surface area contributed by atoms with Crippen LogP contribution in [0.4, 0.5) is 59.7 Å². The van der Waals surface area contributed by atoms with E-state index in [2.05, 4.69) is 71.0 Å². The number of hydrogen-bond acceptors (Lipinski definition) is 15. The molecule has 2 aromatic heterocycles. The number of aromatic nitrogens is 2. The van der Waals surface area contributed by atoms with Crippen LogP contribution in [0.5, 0.6) is 0 Å². The Balaban J connectivity index is 0.000000144. The number of carbonyl (C=O) groups excluding carboxylic acids is 5. The number of nitrogens with two attached hydrogens (primary N) is 1. The highest BCUT2D eigenvalue weighted by Gasteiger charge is 2.29. The highest BCUT2D eigenvalue weighted by molar-refractivity contribution is 7.80. The summed E-state index contributed by atoms with van der Waals surface area (Å²) in [4.78, 5) is 72.6. The Labute approximate surface area is 599 Å². The predicted molar refractivity (Wildman–Crippen MR) is 412 cm³/mol. The molecule has 2 heterocycles. The molecule has 3 unspecified atom stereocenters. The molecule has 101 heavy (non-hydrogen) atoms. The monoisotopic (exact) mass is 1400 g/mol. The molecule has 0 saturated carbocycles. The molecule has 11 N–H and O–H groups in total. The summed E-state index contributed by atoms with van der Waals surface area (Å²) in [5.74, 6) is -0.638. The number of amides is 5. The molecule has 9 aromatic carbocycles. The number of thiocarbonyl (C=S) groups is 1. The summed E-state index contributed by atoms with van der Waals surface area (Å²) in [7, 11) is 0. The van der Waals surface area contributed by atoms with Crippen molar-refractivity contribution in [2.45, 2.75) is 109 Å². The van der Waals surface area contributed by atoms with Gasteiger partial charge in [0.1, 0.15) is 11.2 Å². The largest absolute Gasteiger partial charge is 0.444 e. The normalized spacial score (nSPS) is 14.8. The van der Waals surface area contributed by atoms with E-state index in [1.54, 1.807) is 125 Å². The number of benzene rings is 9. The smallest absolute Gasteiger partial charge is 0.412 e. The van der Waals surface area contributed by atoms with E-state index >= 15 is 0 Å². The fourth-order valence-corrected chi connectivity index (χ4v) is 14.3. The maximum Gasteiger partial charge on any atom is 0.412 e. The molecular formula is C79H78N12O7S3. The maximum absolute atomic E-state index is 13.1. The Morgan fingerprint density at radius 3 is 1.20 bits per heavy atom. The molecule has 19 nitrogen and oxygen atoms in total. The second-order valence-electron chi connectivity index (χ2n) is 26.5. The zero-order valence-electron chi connectivity index (χ0n) is 56.7. The van der Waals surface area contributed by atoms with Gasteiger partial charge in [0.2, 0.25) is 0 Å². The van der Waals surface area contributed by atoms with Crippen LogP contribution in [0.15, 0.2) is 206 Å². The number of aryl methyl sites for hydroxylation is 3. The van der Waals surface area contributed by atoms with Crippen LogP contribution in [0.2, 0.25) is 0 Å². The highest BCUT2D eigenvalue weighted by atomic mass is 32.1. The number of carbonyl (C=O) groups is 5. The number of nitrogen functional groups attached to an aromatic ring is 1. The number of nitrogens with zero attached hydrogens (tertiary/aromatic N) is 2. The summed E-state index contributed by atoms with van der Waals surface area (Å²) < 4.78 is 13.0. The number of nitrogens with one attached hydrogen (secondary N) is 9. The van der Waals surface area contributed by atoms with Gasteiger partial charge in [0.05, 0.1) is 72.7 Å². The minimum Gasteiger partial charge on any atom is -0.444 e. The van der Waals surface area contributed by atoms with Crippen LogP contribution in [-0.4, -0.2) is 56.2 Å². The van der Waals surface area contributed by atoms with Gasteiger partial charge in [-0.25, -0.2) is 19.6 Å². The average Bonchev–Trinajstić information content (AvgIpc) is 1.71. The van der Waals surface area contributed by atoms with Gasteiger partial charge in [0, 0.05) is 22.4 Å². The van der Waals surface area contributed by atoms with Gasteiger partial charge in [0.15, 0.2) is 15.4 Å². The molecule has 514 valence electrons. The summed E-state index contributed by atoms with van der Waals surface area (Å²) in [6.45, 7) is 10.8. The van der Waals surface area contributed by atoms with Crippen LogP contribution >= 0.6 is 34.9 Å². The average molecular weight is 1400 g/mol.